The summed E-state index contributed by atoms with van der Waals surface area (Å²) >= 11 is 28.4. The molecule has 0 aliphatic rings. The summed E-state index contributed by atoms with van der Waals surface area (Å²) in [5.74, 6) is 2.97. The van der Waals surface area contributed by atoms with Crippen molar-refractivity contribution in [3.8, 4) is 0 Å². The number of halogens is 4. The summed E-state index contributed by atoms with van der Waals surface area (Å²) in [4.78, 5) is 0. The molecule has 0 saturated carbocycles. The van der Waals surface area contributed by atoms with Gasteiger partial charge in [-0.3, -0.25) is 0 Å². The summed E-state index contributed by atoms with van der Waals surface area (Å²) in [6.45, 7) is 25.0. The summed E-state index contributed by atoms with van der Waals surface area (Å²) < 4.78 is 0. The molecule has 4 heteroatoms. The topological polar surface area (TPSA) is 0 Å². The molecule has 0 aromatic heterocycles. The van der Waals surface area contributed by atoms with Crippen molar-refractivity contribution in [2.75, 3.05) is 0 Å². The van der Waals surface area contributed by atoms with Gasteiger partial charge in [0.2, 0.25) is 0 Å². The zero-order chi connectivity index (χ0) is 26.1. The van der Waals surface area contributed by atoms with Crippen LogP contribution in [0, 0.1) is 46.8 Å². The molecule has 0 aromatic rings. The highest BCUT2D eigenvalue weighted by atomic mass is 35.5. The third kappa shape index (κ3) is 11.0. The van der Waals surface area contributed by atoms with Crippen molar-refractivity contribution < 1.29 is 0 Å². The van der Waals surface area contributed by atoms with E-state index in [1.165, 1.54) is 0 Å². The van der Waals surface area contributed by atoms with Gasteiger partial charge in [-0.05, 0) is 73.0 Å². The second kappa shape index (κ2) is 16.1. The van der Waals surface area contributed by atoms with Crippen LogP contribution in [-0.2, 0) is 0 Å². The molecule has 0 N–H and O–H groups in total. The Morgan fingerprint density at radius 1 is 0.636 bits per heavy atom. The van der Waals surface area contributed by atoms with Crippen molar-refractivity contribution in [3.63, 3.8) is 0 Å². The van der Waals surface area contributed by atoms with E-state index in [0.29, 0.717) is 35.5 Å². The predicted molar refractivity (Wildman–Crippen MR) is 156 cm³/mol. The fourth-order valence-corrected chi connectivity index (χ4v) is 8.24. The largest absolute Gasteiger partial charge is 0.123 e. The molecule has 0 rings (SSSR count). The molecule has 0 aliphatic carbocycles. The molecule has 0 amide bonds. The van der Waals surface area contributed by atoms with Gasteiger partial charge in [-0.15, -0.1) is 46.4 Å². The second-order valence-electron chi connectivity index (χ2n) is 12.4. The second-order valence-corrected chi connectivity index (χ2v) is 14.6. The van der Waals surface area contributed by atoms with Crippen LogP contribution in [0.2, 0.25) is 0 Å². The summed E-state index contributed by atoms with van der Waals surface area (Å²) in [6.07, 6.45) is 6.43. The number of hydrogen-bond acceptors (Lipinski definition) is 0. The fourth-order valence-electron chi connectivity index (χ4n) is 5.72. The third-order valence-corrected chi connectivity index (χ3v) is 10.3. The van der Waals surface area contributed by atoms with E-state index < -0.39 is 0 Å². The zero-order valence-electron chi connectivity index (χ0n) is 23.6. The molecule has 0 fully saturated rings. The van der Waals surface area contributed by atoms with E-state index in [1.54, 1.807) is 0 Å². The van der Waals surface area contributed by atoms with Crippen LogP contribution >= 0.6 is 46.4 Å². The van der Waals surface area contributed by atoms with Gasteiger partial charge in [0.1, 0.15) is 0 Å². The molecule has 0 spiro atoms. The van der Waals surface area contributed by atoms with Gasteiger partial charge in [-0.25, -0.2) is 0 Å². The van der Waals surface area contributed by atoms with Gasteiger partial charge < -0.3 is 0 Å². The highest BCUT2D eigenvalue weighted by Gasteiger charge is 2.40. The molecule has 0 radical (unpaired) electrons. The van der Waals surface area contributed by atoms with Crippen LogP contribution < -0.4 is 0 Å². The van der Waals surface area contributed by atoms with Crippen molar-refractivity contribution in [2.45, 2.75) is 136 Å². The first-order valence-corrected chi connectivity index (χ1v) is 15.4. The molecule has 200 valence electrons. The summed E-state index contributed by atoms with van der Waals surface area (Å²) in [5, 5.41) is 0.370. The Morgan fingerprint density at radius 3 is 1.39 bits per heavy atom. The summed E-state index contributed by atoms with van der Waals surface area (Å²) in [7, 11) is 0. The smallest absolute Gasteiger partial charge is 0.0409 e. The van der Waals surface area contributed by atoms with E-state index in [4.69, 9.17) is 46.4 Å². The molecular weight excluding hydrogens is 490 g/mol. The first kappa shape index (κ1) is 34.2. The minimum atomic E-state index is 0.0238. The maximum Gasteiger partial charge on any atom is 0.0409 e. The van der Waals surface area contributed by atoms with Gasteiger partial charge in [0.25, 0.3) is 0 Å². The first-order valence-electron chi connectivity index (χ1n) is 13.7. The number of rotatable bonds is 16. The number of alkyl halides is 4. The van der Waals surface area contributed by atoms with E-state index >= 15 is 0 Å². The van der Waals surface area contributed by atoms with Gasteiger partial charge >= 0.3 is 0 Å². The molecule has 0 saturated heterocycles. The summed E-state index contributed by atoms with van der Waals surface area (Å²) in [5.41, 5.74) is 0.196. The van der Waals surface area contributed by atoms with E-state index in [2.05, 4.69) is 76.2 Å². The SMILES string of the molecule is CCCC(C(Cl)CC(C(C)C)C(Cl)C(CC)C(Cl)C(CC(CC)C(C)Cl)C(C)C)C(C)(C)C. The Bertz CT molecular complexity index is 496. The zero-order valence-corrected chi connectivity index (χ0v) is 26.6. The molecule has 9 atom stereocenters. The predicted octanol–water partition coefficient (Wildman–Crippen LogP) is 11.3. The quantitative estimate of drug-likeness (QED) is 0.169. The van der Waals surface area contributed by atoms with Gasteiger partial charge in [0.05, 0.1) is 0 Å². The van der Waals surface area contributed by atoms with E-state index in [1.807, 2.05) is 0 Å². The van der Waals surface area contributed by atoms with Crippen LogP contribution in [-0.4, -0.2) is 21.5 Å². The van der Waals surface area contributed by atoms with Crippen molar-refractivity contribution >= 4 is 46.4 Å². The highest BCUT2D eigenvalue weighted by Crippen LogP contribution is 2.44. The molecule has 0 bridgehead atoms. The van der Waals surface area contributed by atoms with Gasteiger partial charge in [-0.2, -0.15) is 0 Å². The van der Waals surface area contributed by atoms with Crippen molar-refractivity contribution in [1.29, 1.82) is 0 Å². The lowest BCUT2D eigenvalue weighted by Gasteiger charge is -2.41. The molecule has 0 aliphatic heterocycles. The lowest BCUT2D eigenvalue weighted by Crippen LogP contribution is -2.41. The molecule has 33 heavy (non-hydrogen) atoms. The Labute approximate surface area is 228 Å². The fraction of sp³-hybridized carbons (Fsp3) is 1.00. The van der Waals surface area contributed by atoms with Crippen molar-refractivity contribution in [3.05, 3.63) is 0 Å². The van der Waals surface area contributed by atoms with Crippen LogP contribution in [0.3, 0.4) is 0 Å². The Hall–Kier alpha value is 1.16. The van der Waals surface area contributed by atoms with Crippen LogP contribution in [0.5, 0.6) is 0 Å². The molecule has 0 nitrogen and oxygen atoms in total. The lowest BCUT2D eigenvalue weighted by molar-refractivity contribution is 0.172. The Kier molecular flexibility index (Phi) is 16.7. The maximum atomic E-state index is 7.36. The highest BCUT2D eigenvalue weighted by molar-refractivity contribution is 6.24. The molecule has 0 heterocycles. The molecule has 0 aromatic carbocycles. The van der Waals surface area contributed by atoms with E-state index in [9.17, 15) is 0 Å². The molecular formula is C29H56Cl4. The normalized spacial score (nSPS) is 21.4. The Morgan fingerprint density at radius 2 is 1.09 bits per heavy atom. The summed E-state index contributed by atoms with van der Waals surface area (Å²) in [6, 6.07) is 0. The van der Waals surface area contributed by atoms with Gasteiger partial charge in [0, 0.05) is 21.5 Å². The first-order chi connectivity index (χ1) is 15.1. The minimum absolute atomic E-state index is 0.0238. The monoisotopic (exact) mass is 544 g/mol. The minimum Gasteiger partial charge on any atom is -0.123 e. The average molecular weight is 547 g/mol. The molecule has 9 unspecified atom stereocenters. The van der Waals surface area contributed by atoms with Crippen LogP contribution in [0.15, 0.2) is 0 Å². The van der Waals surface area contributed by atoms with Crippen molar-refractivity contribution in [1.82, 2.24) is 0 Å². The van der Waals surface area contributed by atoms with Crippen LogP contribution in [0.4, 0.5) is 0 Å². The third-order valence-electron chi connectivity index (χ3n) is 8.21. The maximum absolute atomic E-state index is 7.36. The van der Waals surface area contributed by atoms with Gasteiger partial charge in [0.15, 0.2) is 0 Å². The lowest BCUT2D eigenvalue weighted by atomic mass is 9.70. The van der Waals surface area contributed by atoms with Gasteiger partial charge in [-0.1, -0.05) is 88.5 Å². The van der Waals surface area contributed by atoms with E-state index in [-0.39, 0.29) is 32.8 Å². The van der Waals surface area contributed by atoms with E-state index in [0.717, 1.165) is 38.5 Å². The standard InChI is InChI=1S/C29H56Cl4/c1-12-15-25(29(9,10)11)26(31)17-24(19(6)7)28(33)22(14-3)27(32)23(18(4)5)16-21(13-2)20(8)30/h18-28H,12-17H2,1-11H3. The number of hydrogen-bond donors (Lipinski definition) is 0. The van der Waals surface area contributed by atoms with Crippen LogP contribution in [0.1, 0.15) is 115 Å². The Balaban J connectivity index is 5.77. The van der Waals surface area contributed by atoms with Crippen LogP contribution in [0.25, 0.3) is 0 Å². The van der Waals surface area contributed by atoms with Crippen molar-refractivity contribution in [2.24, 2.45) is 46.8 Å². The average Bonchev–Trinajstić information content (AvgIpc) is 2.69.